The Bertz CT molecular complexity index is 434. The van der Waals surface area contributed by atoms with Crippen molar-refractivity contribution in [1.29, 1.82) is 0 Å². The number of carbonyl (C=O) groups is 1. The Balaban J connectivity index is 2.13. The second kappa shape index (κ2) is 6.38. The first-order valence-corrected chi connectivity index (χ1v) is 6.32. The minimum atomic E-state index is -0.438. The molecule has 1 aliphatic heterocycles. The van der Waals surface area contributed by atoms with Gasteiger partial charge in [0, 0.05) is 13.1 Å². The van der Waals surface area contributed by atoms with E-state index in [9.17, 15) is 4.79 Å². The largest absolute Gasteiger partial charge is 0.462 e. The molecule has 0 radical (unpaired) electrons. The first kappa shape index (κ1) is 13.6. The summed E-state index contributed by atoms with van der Waals surface area (Å²) in [6.07, 6.45) is 1.39. The van der Waals surface area contributed by atoms with E-state index >= 15 is 0 Å². The van der Waals surface area contributed by atoms with Crippen LogP contribution in [0.3, 0.4) is 0 Å². The highest BCUT2D eigenvalue weighted by Gasteiger charge is 2.20. The Labute approximate surface area is 112 Å². The molecular weight excluding hydrogens is 248 g/mol. The lowest BCUT2D eigenvalue weighted by molar-refractivity contribution is 0.0497. The summed E-state index contributed by atoms with van der Waals surface area (Å²) >= 11 is 0. The average Bonchev–Trinajstić information content (AvgIpc) is 2.92. The van der Waals surface area contributed by atoms with Crippen molar-refractivity contribution in [2.75, 3.05) is 26.3 Å². The van der Waals surface area contributed by atoms with Crippen molar-refractivity contribution in [3.8, 4) is 0 Å². The monoisotopic (exact) mass is 266 g/mol. The second-order valence-electron chi connectivity index (χ2n) is 4.44. The fraction of sp³-hybridized carbons (Fsp3) is 0.538. The molecule has 2 heterocycles. The number of morpholine rings is 1. The molecule has 1 amide bonds. The third kappa shape index (κ3) is 3.82. The maximum absolute atomic E-state index is 11.9. The van der Waals surface area contributed by atoms with E-state index in [0.717, 1.165) is 0 Å². The maximum Gasteiger partial charge on any atom is 0.317 e. The third-order valence-electron chi connectivity index (χ3n) is 2.55. The first-order valence-electron chi connectivity index (χ1n) is 6.32. The topological polar surface area (TPSA) is 64.3 Å². The molecule has 2 rings (SSSR count). The molecule has 0 spiro atoms. The van der Waals surface area contributed by atoms with Crippen molar-refractivity contribution < 1.29 is 18.7 Å². The van der Waals surface area contributed by atoms with Crippen LogP contribution in [0.5, 0.6) is 0 Å². The van der Waals surface area contributed by atoms with Gasteiger partial charge in [0.05, 0.1) is 25.6 Å². The summed E-state index contributed by atoms with van der Waals surface area (Å²) in [5.74, 6) is -0.231. The van der Waals surface area contributed by atoms with E-state index < -0.39 is 5.91 Å². The van der Waals surface area contributed by atoms with Gasteiger partial charge in [-0.1, -0.05) is 0 Å². The highest BCUT2D eigenvalue weighted by molar-refractivity contribution is 5.99. The van der Waals surface area contributed by atoms with Gasteiger partial charge in [-0.15, -0.1) is 0 Å². The Kier molecular flexibility index (Phi) is 4.57. The summed E-state index contributed by atoms with van der Waals surface area (Å²) in [5, 5.41) is 0. The van der Waals surface area contributed by atoms with Gasteiger partial charge in [0.1, 0.15) is 0 Å². The van der Waals surface area contributed by atoms with E-state index in [4.69, 9.17) is 13.9 Å². The number of hydrogen-bond donors (Lipinski definition) is 0. The molecule has 0 atom stereocenters. The summed E-state index contributed by atoms with van der Waals surface area (Å²) in [7, 11) is 0. The number of rotatable bonds is 2. The molecule has 6 heteroatoms. The molecule has 0 N–H and O–H groups in total. The maximum atomic E-state index is 11.9. The van der Waals surface area contributed by atoms with Gasteiger partial charge in [0.15, 0.2) is 5.76 Å². The SMILES string of the molecule is CC(C)OC(=NC(=O)c1ccco1)N1CCOCC1. The van der Waals surface area contributed by atoms with Gasteiger partial charge in [-0.05, 0) is 26.0 Å². The van der Waals surface area contributed by atoms with Crippen LogP contribution in [0.15, 0.2) is 27.8 Å². The predicted octanol–water partition coefficient (Wildman–Crippen LogP) is 1.53. The highest BCUT2D eigenvalue weighted by Crippen LogP contribution is 2.07. The van der Waals surface area contributed by atoms with Gasteiger partial charge in [0.2, 0.25) is 0 Å². The van der Waals surface area contributed by atoms with Crippen LogP contribution in [-0.2, 0) is 9.47 Å². The number of amides is 1. The van der Waals surface area contributed by atoms with Crippen LogP contribution in [-0.4, -0.2) is 49.2 Å². The Hall–Kier alpha value is -1.82. The zero-order valence-electron chi connectivity index (χ0n) is 11.2. The molecule has 0 unspecified atom stereocenters. The summed E-state index contributed by atoms with van der Waals surface area (Å²) in [6.45, 7) is 6.33. The van der Waals surface area contributed by atoms with Gasteiger partial charge in [-0.3, -0.25) is 4.79 Å². The van der Waals surface area contributed by atoms with Crippen LogP contribution in [0, 0.1) is 0 Å². The predicted molar refractivity (Wildman–Crippen MR) is 69.1 cm³/mol. The van der Waals surface area contributed by atoms with Gasteiger partial charge < -0.3 is 18.8 Å². The molecule has 0 aliphatic carbocycles. The minimum absolute atomic E-state index is 0.0500. The molecule has 1 saturated heterocycles. The Morgan fingerprint density at radius 3 is 2.74 bits per heavy atom. The fourth-order valence-electron chi connectivity index (χ4n) is 1.68. The molecule has 1 aromatic rings. The third-order valence-corrected chi connectivity index (χ3v) is 2.55. The lowest BCUT2D eigenvalue weighted by atomic mass is 10.4. The van der Waals surface area contributed by atoms with E-state index in [-0.39, 0.29) is 11.9 Å². The van der Waals surface area contributed by atoms with E-state index in [1.807, 2.05) is 18.7 Å². The lowest BCUT2D eigenvalue weighted by Gasteiger charge is -2.29. The van der Waals surface area contributed by atoms with E-state index in [2.05, 4.69) is 4.99 Å². The molecule has 1 aromatic heterocycles. The summed E-state index contributed by atoms with van der Waals surface area (Å²) in [5.41, 5.74) is 0. The number of aliphatic imine (C=N–C) groups is 1. The van der Waals surface area contributed by atoms with E-state index in [1.54, 1.807) is 12.1 Å². The second-order valence-corrected chi connectivity index (χ2v) is 4.44. The van der Waals surface area contributed by atoms with E-state index in [1.165, 1.54) is 6.26 Å². The number of nitrogens with zero attached hydrogens (tertiary/aromatic N) is 2. The van der Waals surface area contributed by atoms with Gasteiger partial charge in [0.25, 0.3) is 6.02 Å². The van der Waals surface area contributed by atoms with Crippen LogP contribution in [0.1, 0.15) is 24.4 Å². The zero-order valence-corrected chi connectivity index (χ0v) is 11.2. The molecular formula is C13H18N2O4. The zero-order chi connectivity index (χ0) is 13.7. The number of amidine groups is 1. The number of carbonyl (C=O) groups excluding carboxylic acids is 1. The van der Waals surface area contributed by atoms with Crippen molar-refractivity contribution in [3.05, 3.63) is 24.2 Å². The standard InChI is InChI=1S/C13H18N2O4/c1-10(2)19-13(15-5-8-17-9-6-15)14-12(16)11-4-3-7-18-11/h3-4,7,10H,5-6,8-9H2,1-2H3. The van der Waals surface area contributed by atoms with Crippen LogP contribution in [0.2, 0.25) is 0 Å². The molecule has 6 nitrogen and oxygen atoms in total. The summed E-state index contributed by atoms with van der Waals surface area (Å²) in [4.78, 5) is 17.8. The van der Waals surface area contributed by atoms with Gasteiger partial charge >= 0.3 is 5.91 Å². The molecule has 0 aromatic carbocycles. The lowest BCUT2D eigenvalue weighted by Crippen LogP contribution is -2.43. The van der Waals surface area contributed by atoms with Crippen LogP contribution in [0.25, 0.3) is 0 Å². The Morgan fingerprint density at radius 1 is 1.42 bits per heavy atom. The van der Waals surface area contributed by atoms with E-state index in [0.29, 0.717) is 32.3 Å². The van der Waals surface area contributed by atoms with Crippen LogP contribution in [0.4, 0.5) is 0 Å². The molecule has 19 heavy (non-hydrogen) atoms. The first-order chi connectivity index (χ1) is 9.16. The average molecular weight is 266 g/mol. The molecule has 1 aliphatic rings. The van der Waals surface area contributed by atoms with Crippen molar-refractivity contribution in [2.45, 2.75) is 20.0 Å². The summed E-state index contributed by atoms with van der Waals surface area (Å²) < 4.78 is 15.9. The minimum Gasteiger partial charge on any atom is -0.462 e. The van der Waals surface area contributed by atoms with Crippen molar-refractivity contribution in [1.82, 2.24) is 4.90 Å². The van der Waals surface area contributed by atoms with Crippen molar-refractivity contribution >= 4 is 11.9 Å². The molecule has 0 saturated carbocycles. The van der Waals surface area contributed by atoms with Crippen LogP contribution < -0.4 is 0 Å². The normalized spacial score (nSPS) is 16.8. The van der Waals surface area contributed by atoms with Gasteiger partial charge in [-0.2, -0.15) is 4.99 Å². The number of furan rings is 1. The fourth-order valence-corrected chi connectivity index (χ4v) is 1.68. The summed E-state index contributed by atoms with van der Waals surface area (Å²) in [6, 6.07) is 3.57. The quantitative estimate of drug-likeness (QED) is 0.600. The van der Waals surface area contributed by atoms with Crippen LogP contribution >= 0.6 is 0 Å². The molecule has 104 valence electrons. The highest BCUT2D eigenvalue weighted by atomic mass is 16.5. The smallest absolute Gasteiger partial charge is 0.317 e. The number of hydrogen-bond acceptors (Lipinski definition) is 4. The molecule has 0 bridgehead atoms. The van der Waals surface area contributed by atoms with Crippen molar-refractivity contribution in [2.24, 2.45) is 4.99 Å². The molecule has 1 fully saturated rings. The van der Waals surface area contributed by atoms with Crippen molar-refractivity contribution in [3.63, 3.8) is 0 Å². The Morgan fingerprint density at radius 2 is 2.16 bits per heavy atom. The van der Waals surface area contributed by atoms with Gasteiger partial charge in [-0.25, -0.2) is 0 Å². The number of ether oxygens (including phenoxy) is 2.